The van der Waals surface area contributed by atoms with E-state index in [2.05, 4.69) is 0 Å². The van der Waals surface area contributed by atoms with Crippen LogP contribution in [0.4, 0.5) is 13.2 Å². The third kappa shape index (κ3) is 3.12. The van der Waals surface area contributed by atoms with Crippen LogP contribution in [0.1, 0.15) is 30.9 Å². The standard InChI is InChI=1S/C11H12F3NO3/c1-6(2)8-3-7(11(12,13)14)4-15(10(8)18)5-9(16)17/h3-4,6H,5H2,1-2H3,(H,16,17). The first-order chi connectivity index (χ1) is 8.12. The van der Waals surface area contributed by atoms with Gasteiger partial charge in [-0.05, 0) is 12.0 Å². The number of pyridine rings is 1. The number of carbonyl (C=O) groups is 1. The minimum atomic E-state index is -4.61. The molecule has 0 saturated heterocycles. The number of nitrogens with zero attached hydrogens (tertiary/aromatic N) is 1. The van der Waals surface area contributed by atoms with Gasteiger partial charge in [-0.3, -0.25) is 9.59 Å². The van der Waals surface area contributed by atoms with Crippen LogP contribution in [0.25, 0.3) is 0 Å². The fraction of sp³-hybridized carbons (Fsp3) is 0.455. The third-order valence-corrected chi connectivity index (χ3v) is 2.37. The lowest BCUT2D eigenvalue weighted by Crippen LogP contribution is -2.29. The van der Waals surface area contributed by atoms with E-state index in [1.165, 1.54) is 0 Å². The van der Waals surface area contributed by atoms with Crippen LogP contribution >= 0.6 is 0 Å². The van der Waals surface area contributed by atoms with Crippen molar-refractivity contribution >= 4 is 5.97 Å². The van der Waals surface area contributed by atoms with Crippen LogP contribution in [0, 0.1) is 0 Å². The van der Waals surface area contributed by atoms with Crippen molar-refractivity contribution in [3.8, 4) is 0 Å². The first kappa shape index (κ1) is 14.3. The zero-order chi connectivity index (χ0) is 14.1. The summed E-state index contributed by atoms with van der Waals surface area (Å²) in [5.41, 5.74) is -1.78. The van der Waals surface area contributed by atoms with Crippen LogP contribution in [0.2, 0.25) is 0 Å². The summed E-state index contributed by atoms with van der Waals surface area (Å²) < 4.78 is 38.4. The molecule has 0 aliphatic heterocycles. The zero-order valence-electron chi connectivity index (χ0n) is 9.78. The molecule has 0 bridgehead atoms. The molecule has 0 fully saturated rings. The fourth-order valence-electron chi connectivity index (χ4n) is 1.49. The Bertz CT molecular complexity index is 517. The Morgan fingerprint density at radius 3 is 2.39 bits per heavy atom. The molecule has 0 radical (unpaired) electrons. The van der Waals surface area contributed by atoms with Gasteiger partial charge >= 0.3 is 12.1 Å². The van der Waals surface area contributed by atoms with Crippen molar-refractivity contribution in [3.63, 3.8) is 0 Å². The van der Waals surface area contributed by atoms with E-state index in [1.54, 1.807) is 13.8 Å². The molecule has 0 saturated carbocycles. The summed E-state index contributed by atoms with van der Waals surface area (Å²) in [6.45, 7) is 2.35. The highest BCUT2D eigenvalue weighted by Gasteiger charge is 2.32. The minimum absolute atomic E-state index is 0.0499. The van der Waals surface area contributed by atoms with Gasteiger partial charge in [-0.2, -0.15) is 13.2 Å². The number of hydrogen-bond donors (Lipinski definition) is 1. The maximum absolute atomic E-state index is 12.6. The predicted octanol–water partition coefficient (Wildman–Crippen LogP) is 2.08. The quantitative estimate of drug-likeness (QED) is 0.908. The Morgan fingerprint density at radius 2 is 2.00 bits per heavy atom. The topological polar surface area (TPSA) is 59.3 Å². The van der Waals surface area contributed by atoms with E-state index >= 15 is 0 Å². The van der Waals surface area contributed by atoms with Gasteiger partial charge in [0.2, 0.25) is 0 Å². The summed E-state index contributed by atoms with van der Waals surface area (Å²) in [5.74, 6) is -1.79. The molecule has 0 aromatic carbocycles. The molecule has 100 valence electrons. The predicted molar refractivity (Wildman–Crippen MR) is 57.4 cm³/mol. The number of carboxylic acids is 1. The molecule has 0 atom stereocenters. The van der Waals surface area contributed by atoms with Crippen molar-refractivity contribution in [3.05, 3.63) is 33.7 Å². The Balaban J connectivity index is 3.47. The molecule has 0 aliphatic carbocycles. The van der Waals surface area contributed by atoms with Crippen molar-refractivity contribution < 1.29 is 23.1 Å². The summed E-state index contributed by atoms with van der Waals surface area (Å²) in [5, 5.41) is 8.57. The summed E-state index contributed by atoms with van der Waals surface area (Å²) in [6, 6.07) is 0.769. The largest absolute Gasteiger partial charge is 0.480 e. The van der Waals surface area contributed by atoms with Crippen molar-refractivity contribution in [1.29, 1.82) is 0 Å². The number of halogens is 3. The number of aliphatic carboxylic acids is 1. The highest BCUT2D eigenvalue weighted by Crippen LogP contribution is 2.29. The van der Waals surface area contributed by atoms with Gasteiger partial charge in [0.25, 0.3) is 5.56 Å². The third-order valence-electron chi connectivity index (χ3n) is 2.37. The van der Waals surface area contributed by atoms with E-state index in [-0.39, 0.29) is 5.56 Å². The summed E-state index contributed by atoms with van der Waals surface area (Å²) in [4.78, 5) is 22.3. The Hall–Kier alpha value is -1.79. The van der Waals surface area contributed by atoms with Crippen LogP contribution in [0.3, 0.4) is 0 Å². The maximum atomic E-state index is 12.6. The van der Waals surface area contributed by atoms with E-state index in [0.29, 0.717) is 10.8 Å². The molecule has 4 nitrogen and oxygen atoms in total. The van der Waals surface area contributed by atoms with E-state index in [1.807, 2.05) is 0 Å². The average Bonchev–Trinajstić information content (AvgIpc) is 2.18. The van der Waals surface area contributed by atoms with E-state index < -0.39 is 35.7 Å². The molecule has 7 heteroatoms. The van der Waals surface area contributed by atoms with Crippen molar-refractivity contribution in [2.24, 2.45) is 0 Å². The first-order valence-corrected chi connectivity index (χ1v) is 5.16. The smallest absolute Gasteiger partial charge is 0.417 e. The summed E-state index contributed by atoms with van der Waals surface area (Å²) in [7, 11) is 0. The van der Waals surface area contributed by atoms with Crippen molar-refractivity contribution in [2.45, 2.75) is 32.5 Å². The van der Waals surface area contributed by atoms with Crippen molar-refractivity contribution in [2.75, 3.05) is 0 Å². The molecule has 0 amide bonds. The van der Waals surface area contributed by atoms with E-state index in [0.717, 1.165) is 6.07 Å². The van der Waals surface area contributed by atoms with Gasteiger partial charge in [0.05, 0.1) is 5.56 Å². The van der Waals surface area contributed by atoms with Crippen LogP contribution in [0.15, 0.2) is 17.1 Å². The summed E-state index contributed by atoms with van der Waals surface area (Å²) in [6.07, 6.45) is -4.08. The number of hydrogen-bond acceptors (Lipinski definition) is 2. The molecular weight excluding hydrogens is 251 g/mol. The average molecular weight is 263 g/mol. The molecular formula is C11H12F3NO3. The highest BCUT2D eigenvalue weighted by atomic mass is 19.4. The number of rotatable bonds is 3. The molecule has 0 unspecified atom stereocenters. The minimum Gasteiger partial charge on any atom is -0.480 e. The number of alkyl halides is 3. The molecule has 0 aliphatic rings. The molecule has 0 spiro atoms. The van der Waals surface area contributed by atoms with Crippen LogP contribution in [0.5, 0.6) is 0 Å². The van der Waals surface area contributed by atoms with Gasteiger partial charge in [-0.1, -0.05) is 13.8 Å². The monoisotopic (exact) mass is 263 g/mol. The van der Waals surface area contributed by atoms with Crippen LogP contribution < -0.4 is 5.56 Å². The molecule has 1 aromatic heterocycles. The molecule has 1 N–H and O–H groups in total. The number of aromatic nitrogens is 1. The Labute approximate surface area is 101 Å². The van der Waals surface area contributed by atoms with Crippen LogP contribution in [-0.4, -0.2) is 15.6 Å². The molecule has 18 heavy (non-hydrogen) atoms. The normalized spacial score (nSPS) is 11.9. The summed E-state index contributed by atoms with van der Waals surface area (Å²) >= 11 is 0. The Morgan fingerprint density at radius 1 is 1.44 bits per heavy atom. The second kappa shape index (κ2) is 4.83. The lowest BCUT2D eigenvalue weighted by molar-refractivity contribution is -0.140. The molecule has 1 aromatic rings. The molecule has 1 rings (SSSR count). The second-order valence-corrected chi connectivity index (χ2v) is 4.16. The second-order valence-electron chi connectivity index (χ2n) is 4.16. The zero-order valence-corrected chi connectivity index (χ0v) is 9.78. The highest BCUT2D eigenvalue weighted by molar-refractivity contribution is 5.66. The van der Waals surface area contributed by atoms with Crippen LogP contribution in [-0.2, 0) is 17.5 Å². The van der Waals surface area contributed by atoms with Gasteiger partial charge < -0.3 is 9.67 Å². The van der Waals surface area contributed by atoms with Crippen molar-refractivity contribution in [1.82, 2.24) is 4.57 Å². The lowest BCUT2D eigenvalue weighted by atomic mass is 10.0. The first-order valence-electron chi connectivity index (χ1n) is 5.16. The number of carboxylic acid groups (broad SMARTS) is 1. The van der Waals surface area contributed by atoms with E-state index in [9.17, 15) is 22.8 Å². The Kier molecular flexibility index (Phi) is 3.83. The van der Waals surface area contributed by atoms with Gasteiger partial charge in [0.1, 0.15) is 6.54 Å². The maximum Gasteiger partial charge on any atom is 0.417 e. The lowest BCUT2D eigenvalue weighted by Gasteiger charge is -2.14. The fourth-order valence-corrected chi connectivity index (χ4v) is 1.49. The van der Waals surface area contributed by atoms with Gasteiger partial charge in [0.15, 0.2) is 0 Å². The van der Waals surface area contributed by atoms with Gasteiger partial charge in [-0.25, -0.2) is 0 Å². The van der Waals surface area contributed by atoms with Gasteiger partial charge in [-0.15, -0.1) is 0 Å². The SMILES string of the molecule is CC(C)c1cc(C(F)(F)F)cn(CC(=O)O)c1=O. The molecule has 1 heterocycles. The van der Waals surface area contributed by atoms with Gasteiger partial charge in [0, 0.05) is 11.8 Å². The van der Waals surface area contributed by atoms with E-state index in [4.69, 9.17) is 5.11 Å².